The first-order valence-electron chi connectivity index (χ1n) is 6.67. The van der Waals surface area contributed by atoms with E-state index in [0.717, 1.165) is 29.9 Å². The Balaban J connectivity index is 1.89. The minimum absolute atomic E-state index is 0.227. The molecule has 0 bridgehead atoms. The minimum atomic E-state index is -0.445. The summed E-state index contributed by atoms with van der Waals surface area (Å²) in [4.78, 5) is 6.72. The lowest BCUT2D eigenvalue weighted by Crippen LogP contribution is -2.01. The van der Waals surface area contributed by atoms with Gasteiger partial charge in [-0.3, -0.25) is 4.40 Å². The lowest BCUT2D eigenvalue weighted by atomic mass is 10.0. The molecular formula is C15H12F2N2S. The summed E-state index contributed by atoms with van der Waals surface area (Å²) in [5.74, 6) is -0.884. The van der Waals surface area contributed by atoms with Crippen molar-refractivity contribution in [2.75, 3.05) is 0 Å². The first kappa shape index (κ1) is 12.0. The molecule has 20 heavy (non-hydrogen) atoms. The second-order valence-electron chi connectivity index (χ2n) is 5.08. The van der Waals surface area contributed by atoms with Crippen molar-refractivity contribution in [1.82, 2.24) is 9.38 Å². The fourth-order valence-corrected chi connectivity index (χ4v) is 3.98. The average Bonchev–Trinajstić information content (AvgIpc) is 2.99. The van der Waals surface area contributed by atoms with Gasteiger partial charge in [0.15, 0.2) is 4.96 Å². The zero-order valence-electron chi connectivity index (χ0n) is 10.7. The van der Waals surface area contributed by atoms with Crippen LogP contribution >= 0.6 is 11.3 Å². The molecule has 0 saturated carbocycles. The Morgan fingerprint density at radius 2 is 2.00 bits per heavy atom. The molecule has 0 radical (unpaired) electrons. The molecule has 0 aliphatic heterocycles. The summed E-state index contributed by atoms with van der Waals surface area (Å²) >= 11 is 1.66. The lowest BCUT2D eigenvalue weighted by molar-refractivity contribution is 0.603. The van der Waals surface area contributed by atoms with Crippen molar-refractivity contribution in [1.29, 1.82) is 0 Å². The van der Waals surface area contributed by atoms with Gasteiger partial charge in [0.25, 0.3) is 0 Å². The third-order valence-electron chi connectivity index (χ3n) is 3.77. The van der Waals surface area contributed by atoms with Gasteiger partial charge >= 0.3 is 0 Å². The van der Waals surface area contributed by atoms with E-state index < -0.39 is 11.6 Å². The van der Waals surface area contributed by atoms with Gasteiger partial charge < -0.3 is 0 Å². The number of thiazole rings is 1. The number of aryl methyl sites for hydroxylation is 2. The molecule has 2 aromatic heterocycles. The van der Waals surface area contributed by atoms with E-state index in [1.807, 2.05) is 10.6 Å². The van der Waals surface area contributed by atoms with Gasteiger partial charge in [-0.15, -0.1) is 11.3 Å². The van der Waals surface area contributed by atoms with Crippen molar-refractivity contribution in [3.8, 4) is 11.3 Å². The first-order valence-corrected chi connectivity index (χ1v) is 7.49. The minimum Gasteiger partial charge on any atom is -0.294 e. The van der Waals surface area contributed by atoms with Crippen LogP contribution in [0.2, 0.25) is 0 Å². The molecule has 0 fully saturated rings. The Labute approximate surface area is 118 Å². The summed E-state index contributed by atoms with van der Waals surface area (Å²) in [6.07, 6.45) is 6.38. The Morgan fingerprint density at radius 1 is 1.15 bits per heavy atom. The highest BCUT2D eigenvalue weighted by molar-refractivity contribution is 7.17. The van der Waals surface area contributed by atoms with E-state index in [-0.39, 0.29) is 5.56 Å². The molecule has 0 saturated heterocycles. The smallest absolute Gasteiger partial charge is 0.194 e. The topological polar surface area (TPSA) is 17.3 Å². The van der Waals surface area contributed by atoms with Crippen LogP contribution in [0.25, 0.3) is 16.2 Å². The summed E-state index contributed by atoms with van der Waals surface area (Å²) in [7, 11) is 0. The van der Waals surface area contributed by atoms with Crippen molar-refractivity contribution in [2.24, 2.45) is 0 Å². The standard InChI is InChI=1S/C15H12F2N2S/c16-9-5-6-11(17)10(7-9)12-8-19-13-3-1-2-4-14(13)20-15(19)18-12/h5-8H,1-4H2. The predicted octanol–water partition coefficient (Wildman–Crippen LogP) is 4.22. The molecular weight excluding hydrogens is 278 g/mol. The molecule has 1 aliphatic rings. The van der Waals surface area contributed by atoms with E-state index in [1.165, 1.54) is 29.5 Å². The number of hydrogen-bond donors (Lipinski definition) is 0. The number of rotatable bonds is 1. The molecule has 102 valence electrons. The summed E-state index contributed by atoms with van der Waals surface area (Å²) in [5, 5.41) is 0. The Bertz CT molecular complexity index is 804. The normalized spacial score (nSPS) is 14.7. The highest BCUT2D eigenvalue weighted by Crippen LogP contribution is 2.32. The van der Waals surface area contributed by atoms with Gasteiger partial charge in [-0.25, -0.2) is 13.8 Å². The second-order valence-corrected chi connectivity index (χ2v) is 6.14. The molecule has 2 heterocycles. The van der Waals surface area contributed by atoms with Crippen LogP contribution in [-0.2, 0) is 12.8 Å². The molecule has 3 aromatic rings. The zero-order chi connectivity index (χ0) is 13.7. The first-order chi connectivity index (χ1) is 9.72. The number of imidazole rings is 1. The summed E-state index contributed by atoms with van der Waals surface area (Å²) in [6.45, 7) is 0. The molecule has 0 amide bonds. The van der Waals surface area contributed by atoms with Gasteiger partial charge in [-0.2, -0.15) is 0 Å². The number of fused-ring (bicyclic) bond motifs is 3. The van der Waals surface area contributed by atoms with Crippen LogP contribution in [-0.4, -0.2) is 9.38 Å². The van der Waals surface area contributed by atoms with Crippen LogP contribution in [0.5, 0.6) is 0 Å². The van der Waals surface area contributed by atoms with Crippen molar-refractivity contribution < 1.29 is 8.78 Å². The van der Waals surface area contributed by atoms with Gasteiger partial charge in [0.05, 0.1) is 5.69 Å². The highest BCUT2D eigenvalue weighted by Gasteiger charge is 2.19. The van der Waals surface area contributed by atoms with E-state index in [9.17, 15) is 8.78 Å². The van der Waals surface area contributed by atoms with Crippen LogP contribution in [0.1, 0.15) is 23.4 Å². The second kappa shape index (κ2) is 4.38. The van der Waals surface area contributed by atoms with Crippen LogP contribution in [0.4, 0.5) is 8.78 Å². The van der Waals surface area contributed by atoms with Gasteiger partial charge in [-0.05, 0) is 43.9 Å². The molecule has 4 rings (SSSR count). The zero-order valence-corrected chi connectivity index (χ0v) is 11.5. The van der Waals surface area contributed by atoms with E-state index in [4.69, 9.17) is 0 Å². The van der Waals surface area contributed by atoms with Gasteiger partial charge in [0.2, 0.25) is 0 Å². The third kappa shape index (κ3) is 1.77. The number of nitrogens with zero attached hydrogens (tertiary/aromatic N) is 2. The molecule has 1 aromatic carbocycles. The molecule has 0 atom stereocenters. The van der Waals surface area contributed by atoms with Crippen molar-refractivity contribution in [3.63, 3.8) is 0 Å². The van der Waals surface area contributed by atoms with Gasteiger partial charge in [-0.1, -0.05) is 0 Å². The fraction of sp³-hybridized carbons (Fsp3) is 0.267. The summed E-state index contributed by atoms with van der Waals surface area (Å²) < 4.78 is 29.1. The van der Waals surface area contributed by atoms with Crippen molar-refractivity contribution >= 4 is 16.3 Å². The van der Waals surface area contributed by atoms with Gasteiger partial charge in [0.1, 0.15) is 11.6 Å². The molecule has 2 nitrogen and oxygen atoms in total. The number of halogens is 2. The lowest BCUT2D eigenvalue weighted by Gasteiger charge is -2.09. The van der Waals surface area contributed by atoms with Crippen LogP contribution in [0.3, 0.4) is 0 Å². The number of hydrogen-bond acceptors (Lipinski definition) is 2. The van der Waals surface area contributed by atoms with Crippen LogP contribution in [0.15, 0.2) is 24.4 Å². The third-order valence-corrected chi connectivity index (χ3v) is 4.93. The molecule has 0 unspecified atom stereocenters. The van der Waals surface area contributed by atoms with Crippen molar-refractivity contribution in [3.05, 3.63) is 46.6 Å². The van der Waals surface area contributed by atoms with Crippen LogP contribution in [0, 0.1) is 11.6 Å². The molecule has 0 spiro atoms. The largest absolute Gasteiger partial charge is 0.294 e. The maximum atomic E-state index is 13.8. The molecule has 0 N–H and O–H groups in total. The Morgan fingerprint density at radius 3 is 2.90 bits per heavy atom. The Hall–Kier alpha value is -1.75. The van der Waals surface area contributed by atoms with E-state index in [0.29, 0.717) is 5.69 Å². The van der Waals surface area contributed by atoms with Crippen LogP contribution < -0.4 is 0 Å². The summed E-state index contributed by atoms with van der Waals surface area (Å²) in [5.41, 5.74) is 2.01. The number of benzene rings is 1. The van der Waals surface area contributed by atoms with Crippen molar-refractivity contribution in [2.45, 2.75) is 25.7 Å². The SMILES string of the molecule is Fc1ccc(F)c(-c2cn3c4c(sc3n2)CCCC4)c1. The van der Waals surface area contributed by atoms with E-state index >= 15 is 0 Å². The summed E-state index contributed by atoms with van der Waals surface area (Å²) in [6, 6.07) is 3.47. The average molecular weight is 290 g/mol. The fourth-order valence-electron chi connectivity index (χ4n) is 2.79. The Kier molecular flexibility index (Phi) is 2.63. The van der Waals surface area contributed by atoms with E-state index in [2.05, 4.69) is 4.98 Å². The maximum Gasteiger partial charge on any atom is 0.194 e. The molecule has 5 heteroatoms. The number of aromatic nitrogens is 2. The maximum absolute atomic E-state index is 13.8. The van der Waals surface area contributed by atoms with Gasteiger partial charge in [0, 0.05) is 22.3 Å². The quantitative estimate of drug-likeness (QED) is 0.656. The van der Waals surface area contributed by atoms with E-state index in [1.54, 1.807) is 11.3 Å². The highest BCUT2D eigenvalue weighted by atomic mass is 32.1. The molecule has 1 aliphatic carbocycles. The predicted molar refractivity (Wildman–Crippen MR) is 75.1 cm³/mol. The monoisotopic (exact) mass is 290 g/mol.